The molecule has 1 amide bonds. The van der Waals surface area contributed by atoms with Gasteiger partial charge in [-0.15, -0.1) is 0 Å². The number of nitrogens with one attached hydrogen (secondary N) is 2. The highest BCUT2D eigenvalue weighted by molar-refractivity contribution is 5.97. The lowest BCUT2D eigenvalue weighted by Gasteiger charge is -2.05. The molecule has 1 aromatic rings. The van der Waals surface area contributed by atoms with E-state index in [1.807, 2.05) is 0 Å². The number of methoxy groups -OCH3 is 1. The normalized spacial score (nSPS) is 10.9. The van der Waals surface area contributed by atoms with E-state index in [0.717, 1.165) is 24.4 Å². The number of carbonyl (C=O) groups is 1. The monoisotopic (exact) mass is 295 g/mol. The van der Waals surface area contributed by atoms with E-state index in [0.29, 0.717) is 19.6 Å². The van der Waals surface area contributed by atoms with Crippen LogP contribution >= 0.6 is 0 Å². The van der Waals surface area contributed by atoms with E-state index in [1.54, 1.807) is 13.2 Å². The second kappa shape index (κ2) is 8.66. The summed E-state index contributed by atoms with van der Waals surface area (Å²) in [5, 5.41) is 13.8. The van der Waals surface area contributed by atoms with Crippen molar-refractivity contribution in [3.05, 3.63) is 41.6 Å². The second-order valence-electron chi connectivity index (χ2n) is 4.04. The number of anilines is 1. The average molecular weight is 295 g/mol. The van der Waals surface area contributed by atoms with Crippen LogP contribution in [0.3, 0.4) is 0 Å². The number of halogens is 2. The third kappa shape index (κ3) is 5.58. The van der Waals surface area contributed by atoms with Gasteiger partial charge in [0.2, 0.25) is 0 Å². The lowest BCUT2D eigenvalue weighted by molar-refractivity contribution is -0.117. The second-order valence-corrected chi connectivity index (χ2v) is 4.04. The largest absolute Gasteiger partial charge is 0.385 e. The Kier molecular flexibility index (Phi) is 6.84. The van der Waals surface area contributed by atoms with Crippen LogP contribution in [0.1, 0.15) is 6.42 Å². The maximum Gasteiger partial charge on any atom is 0.263 e. The van der Waals surface area contributed by atoms with Gasteiger partial charge in [0.1, 0.15) is 23.3 Å². The van der Waals surface area contributed by atoms with Crippen LogP contribution in [0.4, 0.5) is 14.5 Å². The van der Waals surface area contributed by atoms with Crippen LogP contribution in [0.5, 0.6) is 0 Å². The van der Waals surface area contributed by atoms with Crippen molar-refractivity contribution >= 4 is 11.6 Å². The maximum absolute atomic E-state index is 13.4. The topological polar surface area (TPSA) is 74.1 Å². The van der Waals surface area contributed by atoms with E-state index in [4.69, 9.17) is 10.00 Å². The number of amides is 1. The Morgan fingerprint density at radius 2 is 2.24 bits per heavy atom. The minimum atomic E-state index is -0.689. The molecule has 0 radical (unpaired) electrons. The molecule has 0 unspecified atom stereocenters. The van der Waals surface area contributed by atoms with E-state index in [9.17, 15) is 13.6 Å². The number of nitriles is 1. The fourth-order valence-electron chi connectivity index (χ4n) is 1.42. The number of ether oxygens (including phenoxy) is 1. The first kappa shape index (κ1) is 16.6. The molecule has 0 fully saturated rings. The molecule has 0 aliphatic carbocycles. The Morgan fingerprint density at radius 1 is 1.48 bits per heavy atom. The summed E-state index contributed by atoms with van der Waals surface area (Å²) in [5.41, 5.74) is -0.397. The number of rotatable bonds is 7. The molecule has 0 spiro atoms. The third-order valence-corrected chi connectivity index (χ3v) is 2.48. The van der Waals surface area contributed by atoms with Crippen LogP contribution in [-0.2, 0) is 9.53 Å². The van der Waals surface area contributed by atoms with E-state index < -0.39 is 17.5 Å². The molecule has 0 aromatic heterocycles. The van der Waals surface area contributed by atoms with E-state index in [1.165, 1.54) is 0 Å². The zero-order chi connectivity index (χ0) is 15.7. The Bertz CT molecular complexity index is 568. The van der Waals surface area contributed by atoms with Gasteiger partial charge in [-0.05, 0) is 18.6 Å². The number of benzene rings is 1. The first-order valence-corrected chi connectivity index (χ1v) is 6.17. The molecule has 2 N–H and O–H groups in total. The van der Waals surface area contributed by atoms with Gasteiger partial charge in [-0.3, -0.25) is 4.79 Å². The molecule has 0 aliphatic heterocycles. The van der Waals surface area contributed by atoms with Crippen LogP contribution in [0.15, 0.2) is 30.0 Å². The molecule has 0 heterocycles. The van der Waals surface area contributed by atoms with Crippen molar-refractivity contribution in [2.45, 2.75) is 6.42 Å². The van der Waals surface area contributed by atoms with Crippen molar-refractivity contribution in [1.82, 2.24) is 5.32 Å². The van der Waals surface area contributed by atoms with E-state index in [-0.39, 0.29) is 11.3 Å². The van der Waals surface area contributed by atoms with Crippen LogP contribution in [-0.4, -0.2) is 26.2 Å². The van der Waals surface area contributed by atoms with Gasteiger partial charge in [0.25, 0.3) is 5.91 Å². The minimum absolute atomic E-state index is 0.157. The van der Waals surface area contributed by atoms with Crippen molar-refractivity contribution in [2.75, 3.05) is 25.6 Å². The van der Waals surface area contributed by atoms with Gasteiger partial charge in [-0.25, -0.2) is 8.78 Å². The van der Waals surface area contributed by atoms with E-state index >= 15 is 0 Å². The minimum Gasteiger partial charge on any atom is -0.385 e. The highest BCUT2D eigenvalue weighted by Crippen LogP contribution is 2.15. The van der Waals surface area contributed by atoms with Crippen molar-refractivity contribution < 1.29 is 18.3 Å². The summed E-state index contributed by atoms with van der Waals surface area (Å²) in [6.45, 7) is 0.832. The first-order valence-electron chi connectivity index (χ1n) is 6.17. The Labute approximate surface area is 121 Å². The molecule has 0 saturated carbocycles. The van der Waals surface area contributed by atoms with Gasteiger partial charge < -0.3 is 15.4 Å². The van der Waals surface area contributed by atoms with E-state index in [2.05, 4.69) is 10.6 Å². The van der Waals surface area contributed by atoms with Gasteiger partial charge in [0.15, 0.2) is 0 Å². The molecule has 0 atom stereocenters. The number of carbonyl (C=O) groups excluding carboxylic acids is 1. The summed E-state index contributed by atoms with van der Waals surface area (Å²) in [7, 11) is 1.54. The smallest absolute Gasteiger partial charge is 0.263 e. The number of nitrogens with zero attached hydrogens (tertiary/aromatic N) is 1. The molecule has 1 rings (SSSR count). The molecule has 1 aromatic carbocycles. The zero-order valence-electron chi connectivity index (χ0n) is 11.5. The Hall–Kier alpha value is -2.46. The standard InChI is InChI=1S/C14H15F2N3O2/c1-21-6-2-5-18-14(20)10(8-17)9-19-13-7-11(15)3-4-12(13)16/h3-4,7,9,19H,2,5-6H2,1H3,(H,18,20)/b10-9-. The van der Waals surface area contributed by atoms with Gasteiger partial charge in [-0.2, -0.15) is 5.26 Å². The maximum atomic E-state index is 13.4. The molecule has 112 valence electrons. The molecular formula is C14H15F2N3O2. The van der Waals surface area contributed by atoms with Crippen molar-refractivity contribution in [3.63, 3.8) is 0 Å². The summed E-state index contributed by atoms with van der Waals surface area (Å²) < 4.78 is 31.1. The van der Waals surface area contributed by atoms with Gasteiger partial charge in [0.05, 0.1) is 5.69 Å². The van der Waals surface area contributed by atoms with Crippen LogP contribution in [0.2, 0.25) is 0 Å². The predicted octanol–water partition coefficient (Wildman–Crippen LogP) is 1.94. The third-order valence-electron chi connectivity index (χ3n) is 2.48. The van der Waals surface area contributed by atoms with Crippen LogP contribution < -0.4 is 10.6 Å². The molecule has 7 heteroatoms. The fraction of sp³-hybridized carbons (Fsp3) is 0.286. The van der Waals surface area contributed by atoms with Gasteiger partial charge in [-0.1, -0.05) is 0 Å². The lowest BCUT2D eigenvalue weighted by Crippen LogP contribution is -2.26. The van der Waals surface area contributed by atoms with Crippen molar-refractivity contribution in [1.29, 1.82) is 5.26 Å². The van der Waals surface area contributed by atoms with Crippen molar-refractivity contribution in [3.8, 4) is 6.07 Å². The highest BCUT2D eigenvalue weighted by Gasteiger charge is 2.09. The Balaban J connectivity index is 2.65. The molecule has 5 nitrogen and oxygen atoms in total. The molecule has 0 bridgehead atoms. The molecule has 0 aliphatic rings. The zero-order valence-corrected chi connectivity index (χ0v) is 11.5. The van der Waals surface area contributed by atoms with Crippen LogP contribution in [0.25, 0.3) is 0 Å². The summed E-state index contributed by atoms with van der Waals surface area (Å²) in [4.78, 5) is 11.7. The Morgan fingerprint density at radius 3 is 2.90 bits per heavy atom. The predicted molar refractivity (Wildman–Crippen MR) is 73.2 cm³/mol. The average Bonchev–Trinajstić information content (AvgIpc) is 2.47. The summed E-state index contributed by atoms with van der Waals surface area (Å²) in [6.07, 6.45) is 1.64. The van der Waals surface area contributed by atoms with Crippen molar-refractivity contribution in [2.24, 2.45) is 0 Å². The highest BCUT2D eigenvalue weighted by atomic mass is 19.1. The van der Waals surface area contributed by atoms with Gasteiger partial charge in [0, 0.05) is 32.5 Å². The quantitative estimate of drug-likeness (QED) is 0.458. The SMILES string of the molecule is COCCCNC(=O)/C(C#N)=C\Nc1cc(F)ccc1F. The summed E-state index contributed by atoms with van der Waals surface area (Å²) >= 11 is 0. The molecule has 0 saturated heterocycles. The molecular weight excluding hydrogens is 280 g/mol. The number of hydrogen-bond acceptors (Lipinski definition) is 4. The summed E-state index contributed by atoms with van der Waals surface area (Å²) in [6, 6.07) is 4.53. The fourth-order valence-corrected chi connectivity index (χ4v) is 1.42. The number of hydrogen-bond donors (Lipinski definition) is 2. The first-order chi connectivity index (χ1) is 10.1. The summed E-state index contributed by atoms with van der Waals surface area (Å²) in [5.74, 6) is -1.92. The van der Waals surface area contributed by atoms with Gasteiger partial charge >= 0.3 is 0 Å². The lowest BCUT2D eigenvalue weighted by atomic mass is 10.2. The molecule has 21 heavy (non-hydrogen) atoms. The van der Waals surface area contributed by atoms with Crippen LogP contribution in [0, 0.1) is 23.0 Å².